The first kappa shape index (κ1) is 15.7. The molecule has 2 N–H and O–H groups in total. The van der Waals surface area contributed by atoms with Crippen LogP contribution in [0.1, 0.15) is 19.7 Å². The van der Waals surface area contributed by atoms with Gasteiger partial charge in [-0.1, -0.05) is 0 Å². The summed E-state index contributed by atoms with van der Waals surface area (Å²) >= 11 is 0. The Labute approximate surface area is 114 Å². The molecule has 0 aromatic carbocycles. The number of nitrogens with two attached hydrogens (primary N) is 1. The maximum Gasteiger partial charge on any atom is 0.134 e. The van der Waals surface area contributed by atoms with Crippen LogP contribution in [0.4, 0.5) is 11.6 Å². The standard InChI is InChI=1S/C13H24N4O2/c1-4-18-8-6-17(7-9-19-5-2)13-10-12(14)15-11(3)16-13/h10H,4-9H2,1-3H3,(H2,14,15,16). The lowest BCUT2D eigenvalue weighted by molar-refractivity contribution is 0.141. The normalized spacial score (nSPS) is 10.7. The first-order valence-corrected chi connectivity index (χ1v) is 6.69. The molecule has 0 atom stereocenters. The molecule has 0 aliphatic carbocycles. The van der Waals surface area contributed by atoms with Crippen LogP contribution in [0.2, 0.25) is 0 Å². The smallest absolute Gasteiger partial charge is 0.134 e. The second-order valence-corrected chi connectivity index (χ2v) is 4.08. The highest BCUT2D eigenvalue weighted by atomic mass is 16.5. The van der Waals surface area contributed by atoms with Gasteiger partial charge in [0.05, 0.1) is 13.2 Å². The van der Waals surface area contributed by atoms with Crippen LogP contribution in [-0.2, 0) is 9.47 Å². The molecule has 0 fully saturated rings. The van der Waals surface area contributed by atoms with Crippen molar-refractivity contribution < 1.29 is 9.47 Å². The summed E-state index contributed by atoms with van der Waals surface area (Å²) in [5.74, 6) is 1.98. The van der Waals surface area contributed by atoms with Crippen LogP contribution in [0.5, 0.6) is 0 Å². The number of hydrogen-bond acceptors (Lipinski definition) is 6. The van der Waals surface area contributed by atoms with E-state index in [1.807, 2.05) is 20.8 Å². The van der Waals surface area contributed by atoms with E-state index in [9.17, 15) is 0 Å². The summed E-state index contributed by atoms with van der Waals surface area (Å²) in [6.45, 7) is 10.1. The molecule has 1 rings (SSSR count). The number of anilines is 2. The summed E-state index contributed by atoms with van der Waals surface area (Å²) < 4.78 is 10.8. The first-order chi connectivity index (χ1) is 9.17. The summed E-state index contributed by atoms with van der Waals surface area (Å²) in [6.07, 6.45) is 0. The van der Waals surface area contributed by atoms with Gasteiger partial charge in [-0.2, -0.15) is 0 Å². The summed E-state index contributed by atoms with van der Waals surface area (Å²) in [5.41, 5.74) is 5.77. The second kappa shape index (κ2) is 8.66. The predicted molar refractivity (Wildman–Crippen MR) is 76.4 cm³/mol. The van der Waals surface area contributed by atoms with Crippen LogP contribution < -0.4 is 10.6 Å². The maximum atomic E-state index is 5.77. The van der Waals surface area contributed by atoms with E-state index in [2.05, 4.69) is 14.9 Å². The van der Waals surface area contributed by atoms with Crippen molar-refractivity contribution in [1.29, 1.82) is 0 Å². The van der Waals surface area contributed by atoms with Crippen molar-refractivity contribution in [1.82, 2.24) is 9.97 Å². The molecule has 0 aliphatic rings. The lowest BCUT2D eigenvalue weighted by Crippen LogP contribution is -2.32. The van der Waals surface area contributed by atoms with Crippen LogP contribution in [0.15, 0.2) is 6.07 Å². The van der Waals surface area contributed by atoms with Crippen LogP contribution in [0, 0.1) is 6.92 Å². The van der Waals surface area contributed by atoms with Gasteiger partial charge in [0.25, 0.3) is 0 Å². The summed E-state index contributed by atoms with van der Waals surface area (Å²) in [5, 5.41) is 0. The number of aryl methyl sites for hydroxylation is 1. The molecule has 1 heterocycles. The molecular weight excluding hydrogens is 244 g/mol. The molecule has 0 amide bonds. The third kappa shape index (κ3) is 5.85. The molecule has 0 spiro atoms. The van der Waals surface area contributed by atoms with Gasteiger partial charge in [0.1, 0.15) is 17.5 Å². The van der Waals surface area contributed by atoms with Crippen LogP contribution >= 0.6 is 0 Å². The summed E-state index contributed by atoms with van der Waals surface area (Å²) in [6, 6.07) is 1.78. The Morgan fingerprint density at radius 2 is 1.68 bits per heavy atom. The average molecular weight is 268 g/mol. The molecule has 1 aromatic rings. The Morgan fingerprint density at radius 3 is 2.16 bits per heavy atom. The summed E-state index contributed by atoms with van der Waals surface area (Å²) in [4.78, 5) is 10.6. The van der Waals surface area contributed by atoms with Crippen molar-refractivity contribution in [2.75, 3.05) is 50.2 Å². The number of hydrogen-bond donors (Lipinski definition) is 1. The quantitative estimate of drug-likeness (QED) is 0.679. The minimum absolute atomic E-state index is 0.486. The van der Waals surface area contributed by atoms with E-state index in [0.29, 0.717) is 38.1 Å². The summed E-state index contributed by atoms with van der Waals surface area (Å²) in [7, 11) is 0. The van der Waals surface area contributed by atoms with E-state index in [1.54, 1.807) is 6.07 Å². The Kier molecular flexibility index (Phi) is 7.14. The lowest BCUT2D eigenvalue weighted by Gasteiger charge is -2.23. The zero-order valence-corrected chi connectivity index (χ0v) is 12.1. The van der Waals surface area contributed by atoms with Gasteiger partial charge in [0.15, 0.2) is 0 Å². The lowest BCUT2D eigenvalue weighted by atomic mass is 10.4. The molecular formula is C13H24N4O2. The molecule has 1 aromatic heterocycles. The molecule has 108 valence electrons. The van der Waals surface area contributed by atoms with Crippen molar-refractivity contribution in [3.63, 3.8) is 0 Å². The molecule has 0 saturated carbocycles. The highest BCUT2D eigenvalue weighted by molar-refractivity contribution is 5.46. The number of rotatable bonds is 9. The van der Waals surface area contributed by atoms with Gasteiger partial charge < -0.3 is 20.1 Å². The van der Waals surface area contributed by atoms with Gasteiger partial charge in [0, 0.05) is 32.4 Å². The first-order valence-electron chi connectivity index (χ1n) is 6.69. The fraction of sp³-hybridized carbons (Fsp3) is 0.692. The number of nitrogens with zero attached hydrogens (tertiary/aromatic N) is 3. The molecule has 6 heteroatoms. The maximum absolute atomic E-state index is 5.77. The minimum Gasteiger partial charge on any atom is -0.384 e. The number of aromatic nitrogens is 2. The topological polar surface area (TPSA) is 73.5 Å². The number of nitrogen functional groups attached to an aromatic ring is 1. The van der Waals surface area contributed by atoms with Crippen molar-refractivity contribution in [2.24, 2.45) is 0 Å². The van der Waals surface area contributed by atoms with Crippen LogP contribution in [0.25, 0.3) is 0 Å². The van der Waals surface area contributed by atoms with Crippen molar-refractivity contribution in [3.05, 3.63) is 11.9 Å². The van der Waals surface area contributed by atoms with E-state index >= 15 is 0 Å². The van der Waals surface area contributed by atoms with E-state index < -0.39 is 0 Å². The largest absolute Gasteiger partial charge is 0.384 e. The fourth-order valence-corrected chi connectivity index (χ4v) is 1.72. The fourth-order valence-electron chi connectivity index (χ4n) is 1.72. The Morgan fingerprint density at radius 1 is 1.11 bits per heavy atom. The molecule has 6 nitrogen and oxygen atoms in total. The Balaban J connectivity index is 2.69. The Hall–Kier alpha value is -1.40. The van der Waals surface area contributed by atoms with Gasteiger partial charge in [-0.3, -0.25) is 0 Å². The molecule has 0 saturated heterocycles. The van der Waals surface area contributed by atoms with Crippen LogP contribution in [-0.4, -0.2) is 49.5 Å². The highest BCUT2D eigenvalue weighted by Crippen LogP contribution is 2.13. The van der Waals surface area contributed by atoms with Gasteiger partial charge >= 0.3 is 0 Å². The van der Waals surface area contributed by atoms with Gasteiger partial charge in [-0.15, -0.1) is 0 Å². The molecule has 0 bridgehead atoms. The van der Waals surface area contributed by atoms with Crippen molar-refractivity contribution >= 4 is 11.6 Å². The third-order valence-electron chi connectivity index (χ3n) is 2.59. The predicted octanol–water partition coefficient (Wildman–Crippen LogP) is 1.25. The average Bonchev–Trinajstić information content (AvgIpc) is 2.36. The Bertz CT molecular complexity index is 343. The second-order valence-electron chi connectivity index (χ2n) is 4.08. The number of ether oxygens (including phenoxy) is 2. The molecule has 0 unspecified atom stereocenters. The molecule has 19 heavy (non-hydrogen) atoms. The zero-order chi connectivity index (χ0) is 14.1. The van der Waals surface area contributed by atoms with E-state index in [0.717, 1.165) is 18.9 Å². The third-order valence-corrected chi connectivity index (χ3v) is 2.59. The zero-order valence-electron chi connectivity index (χ0n) is 12.1. The van der Waals surface area contributed by atoms with Gasteiger partial charge in [-0.05, 0) is 20.8 Å². The van der Waals surface area contributed by atoms with Gasteiger partial charge in [-0.25, -0.2) is 9.97 Å². The van der Waals surface area contributed by atoms with E-state index in [-0.39, 0.29) is 0 Å². The van der Waals surface area contributed by atoms with E-state index in [4.69, 9.17) is 15.2 Å². The monoisotopic (exact) mass is 268 g/mol. The molecule has 0 radical (unpaired) electrons. The van der Waals surface area contributed by atoms with Crippen molar-refractivity contribution in [2.45, 2.75) is 20.8 Å². The highest BCUT2D eigenvalue weighted by Gasteiger charge is 2.09. The molecule has 0 aliphatic heterocycles. The minimum atomic E-state index is 0.486. The van der Waals surface area contributed by atoms with E-state index in [1.165, 1.54) is 0 Å². The SMILES string of the molecule is CCOCCN(CCOCC)c1cc(N)nc(C)n1. The van der Waals surface area contributed by atoms with Crippen LogP contribution in [0.3, 0.4) is 0 Å². The van der Waals surface area contributed by atoms with Gasteiger partial charge in [0.2, 0.25) is 0 Å². The van der Waals surface area contributed by atoms with Crippen molar-refractivity contribution in [3.8, 4) is 0 Å².